The van der Waals surface area contributed by atoms with E-state index in [2.05, 4.69) is 6.08 Å². The summed E-state index contributed by atoms with van der Waals surface area (Å²) in [4.78, 5) is 26.9. The summed E-state index contributed by atoms with van der Waals surface area (Å²) in [5.74, 6) is -0.151. The fourth-order valence-corrected chi connectivity index (χ4v) is 4.11. The lowest BCUT2D eigenvalue weighted by Gasteiger charge is -2.28. The average Bonchev–Trinajstić information content (AvgIpc) is 3.42. The van der Waals surface area contributed by atoms with Gasteiger partial charge in [0.05, 0.1) is 4.90 Å². The second-order valence-corrected chi connectivity index (χ2v) is 9.21. The first-order valence-electron chi connectivity index (χ1n) is 8.95. The molecule has 2 aliphatic rings. The summed E-state index contributed by atoms with van der Waals surface area (Å²) < 4.78 is 26.9. The Labute approximate surface area is 154 Å². The molecule has 0 unspecified atom stereocenters. The van der Waals surface area contributed by atoms with Crippen LogP contribution >= 0.6 is 0 Å². The van der Waals surface area contributed by atoms with Crippen LogP contribution in [-0.2, 0) is 21.4 Å². The Kier molecular flexibility index (Phi) is 5.34. The molecular formula is C18H25N3O4S. The molecule has 0 radical (unpaired) electrons. The largest absolute Gasteiger partial charge is 0.312 e. The molecule has 2 aliphatic carbocycles. The SMILES string of the molecule is CN(C)S(=O)(=O)c1ccc(=O)n(CC(=O)N(C2=CCCCC2)C2CC2)c1. The van der Waals surface area contributed by atoms with Crippen LogP contribution in [0.4, 0.5) is 0 Å². The van der Waals surface area contributed by atoms with Gasteiger partial charge in [0.15, 0.2) is 0 Å². The van der Waals surface area contributed by atoms with Crippen LogP contribution < -0.4 is 5.56 Å². The normalized spacial score (nSPS) is 17.9. The van der Waals surface area contributed by atoms with Crippen LogP contribution in [-0.4, -0.2) is 48.2 Å². The van der Waals surface area contributed by atoms with Gasteiger partial charge in [0.2, 0.25) is 15.9 Å². The summed E-state index contributed by atoms with van der Waals surface area (Å²) in [7, 11) is -0.798. The topological polar surface area (TPSA) is 79.7 Å². The Morgan fingerprint density at radius 3 is 2.54 bits per heavy atom. The Morgan fingerprint density at radius 2 is 1.96 bits per heavy atom. The molecular weight excluding hydrogens is 354 g/mol. The van der Waals surface area contributed by atoms with Crippen molar-refractivity contribution >= 4 is 15.9 Å². The Hall–Kier alpha value is -1.93. The molecule has 0 N–H and O–H groups in total. The molecule has 1 heterocycles. The number of hydrogen-bond donors (Lipinski definition) is 0. The van der Waals surface area contributed by atoms with Gasteiger partial charge >= 0.3 is 0 Å². The average molecular weight is 379 g/mol. The zero-order valence-corrected chi connectivity index (χ0v) is 16.0. The van der Waals surface area contributed by atoms with Crippen molar-refractivity contribution in [2.45, 2.75) is 56.0 Å². The number of sulfonamides is 1. The number of rotatable bonds is 6. The smallest absolute Gasteiger partial charge is 0.251 e. The van der Waals surface area contributed by atoms with Crippen LogP contribution in [0.2, 0.25) is 0 Å². The first kappa shape index (κ1) is 18.8. The zero-order chi connectivity index (χ0) is 18.9. The molecule has 1 aromatic rings. The number of nitrogens with zero attached hydrogens (tertiary/aromatic N) is 3. The van der Waals surface area contributed by atoms with Gasteiger partial charge in [0.1, 0.15) is 6.54 Å². The van der Waals surface area contributed by atoms with Gasteiger partial charge in [0, 0.05) is 38.1 Å². The summed E-state index contributed by atoms with van der Waals surface area (Å²) in [5.41, 5.74) is 0.665. The van der Waals surface area contributed by atoms with Crippen LogP contribution in [0.5, 0.6) is 0 Å². The van der Waals surface area contributed by atoms with Crippen molar-refractivity contribution in [1.82, 2.24) is 13.8 Å². The van der Waals surface area contributed by atoms with Crippen LogP contribution in [0.3, 0.4) is 0 Å². The Morgan fingerprint density at radius 1 is 1.23 bits per heavy atom. The lowest BCUT2D eigenvalue weighted by molar-refractivity contribution is -0.130. The maximum Gasteiger partial charge on any atom is 0.251 e. The van der Waals surface area contributed by atoms with E-state index >= 15 is 0 Å². The fraction of sp³-hybridized carbons (Fsp3) is 0.556. The van der Waals surface area contributed by atoms with Crippen LogP contribution in [0.15, 0.2) is 39.8 Å². The maximum absolute atomic E-state index is 12.9. The number of pyridine rings is 1. The molecule has 1 fully saturated rings. The minimum atomic E-state index is -3.66. The minimum Gasteiger partial charge on any atom is -0.312 e. The Bertz CT molecular complexity index is 882. The summed E-state index contributed by atoms with van der Waals surface area (Å²) in [6.45, 7) is -0.149. The van der Waals surface area contributed by atoms with Crippen LogP contribution in [0, 0.1) is 0 Å². The van der Waals surface area contributed by atoms with E-state index in [0.717, 1.165) is 48.5 Å². The second-order valence-electron chi connectivity index (χ2n) is 7.05. The molecule has 0 atom stereocenters. The summed E-state index contributed by atoms with van der Waals surface area (Å²) in [6.07, 6.45) is 9.40. The van der Waals surface area contributed by atoms with E-state index in [1.165, 1.54) is 37.0 Å². The van der Waals surface area contributed by atoms with Crippen molar-refractivity contribution < 1.29 is 13.2 Å². The summed E-state index contributed by atoms with van der Waals surface area (Å²) in [6, 6.07) is 2.70. The lowest BCUT2D eigenvalue weighted by atomic mass is 10.0. The molecule has 26 heavy (non-hydrogen) atoms. The first-order chi connectivity index (χ1) is 12.3. The van der Waals surface area contributed by atoms with Gasteiger partial charge in [-0.1, -0.05) is 6.08 Å². The fourth-order valence-electron chi connectivity index (χ4n) is 3.19. The lowest BCUT2D eigenvalue weighted by Crippen LogP contribution is -2.38. The van der Waals surface area contributed by atoms with Gasteiger partial charge in [-0.3, -0.25) is 9.59 Å². The third kappa shape index (κ3) is 3.91. The van der Waals surface area contributed by atoms with E-state index in [0.29, 0.717) is 0 Å². The second kappa shape index (κ2) is 7.36. The van der Waals surface area contributed by atoms with Crippen molar-refractivity contribution in [3.63, 3.8) is 0 Å². The predicted molar refractivity (Wildman–Crippen MR) is 98.0 cm³/mol. The number of carbonyl (C=O) groups is 1. The molecule has 142 valence electrons. The van der Waals surface area contributed by atoms with E-state index in [1.54, 1.807) is 0 Å². The van der Waals surface area contributed by atoms with E-state index in [4.69, 9.17) is 0 Å². The third-order valence-corrected chi connectivity index (χ3v) is 6.60. The molecule has 3 rings (SSSR count). The van der Waals surface area contributed by atoms with Crippen molar-refractivity contribution in [3.8, 4) is 0 Å². The quantitative estimate of drug-likeness (QED) is 0.751. The first-order valence-corrected chi connectivity index (χ1v) is 10.4. The molecule has 1 aromatic heterocycles. The van der Waals surface area contributed by atoms with Gasteiger partial charge < -0.3 is 9.47 Å². The number of hydrogen-bond acceptors (Lipinski definition) is 4. The third-order valence-electron chi connectivity index (χ3n) is 4.80. The van der Waals surface area contributed by atoms with Gasteiger partial charge in [-0.15, -0.1) is 0 Å². The molecule has 8 heteroatoms. The van der Waals surface area contributed by atoms with Crippen molar-refractivity contribution in [1.29, 1.82) is 0 Å². The van der Waals surface area contributed by atoms with Crippen LogP contribution in [0.25, 0.3) is 0 Å². The van der Waals surface area contributed by atoms with E-state index in [9.17, 15) is 18.0 Å². The molecule has 0 saturated heterocycles. The van der Waals surface area contributed by atoms with Gasteiger partial charge in [-0.25, -0.2) is 12.7 Å². The minimum absolute atomic E-state index is 0.00440. The number of carbonyl (C=O) groups excluding carboxylic acids is 1. The molecule has 1 amide bonds. The molecule has 1 saturated carbocycles. The van der Waals surface area contributed by atoms with Crippen molar-refractivity contribution in [3.05, 3.63) is 40.5 Å². The van der Waals surface area contributed by atoms with E-state index in [1.807, 2.05) is 4.90 Å². The van der Waals surface area contributed by atoms with Gasteiger partial charge in [-0.05, 0) is 44.6 Å². The van der Waals surface area contributed by atoms with E-state index < -0.39 is 10.0 Å². The highest BCUT2D eigenvalue weighted by Crippen LogP contribution is 2.33. The highest BCUT2D eigenvalue weighted by atomic mass is 32.2. The highest BCUT2D eigenvalue weighted by Gasteiger charge is 2.35. The number of allylic oxidation sites excluding steroid dienone is 2. The van der Waals surface area contributed by atoms with E-state index in [-0.39, 0.29) is 28.9 Å². The van der Waals surface area contributed by atoms with Crippen molar-refractivity contribution in [2.24, 2.45) is 0 Å². The molecule has 0 bridgehead atoms. The monoisotopic (exact) mass is 379 g/mol. The summed E-state index contributed by atoms with van der Waals surface area (Å²) in [5, 5.41) is 0. The maximum atomic E-state index is 12.9. The van der Waals surface area contributed by atoms with Crippen molar-refractivity contribution in [2.75, 3.05) is 14.1 Å². The summed E-state index contributed by atoms with van der Waals surface area (Å²) >= 11 is 0. The van der Waals surface area contributed by atoms with Gasteiger partial charge in [0.25, 0.3) is 5.56 Å². The number of aromatic nitrogens is 1. The van der Waals surface area contributed by atoms with Crippen LogP contribution in [0.1, 0.15) is 38.5 Å². The molecule has 0 aliphatic heterocycles. The molecule has 0 aromatic carbocycles. The molecule has 7 nitrogen and oxygen atoms in total. The zero-order valence-electron chi connectivity index (χ0n) is 15.2. The standard InChI is InChI=1S/C18H25N3O4S/c1-19(2)26(24,25)16-10-11-17(22)20(12-16)13-18(23)21(15-8-9-15)14-6-4-3-5-7-14/h6,10-12,15H,3-5,7-9,13H2,1-2H3. The molecule has 0 spiro atoms. The highest BCUT2D eigenvalue weighted by molar-refractivity contribution is 7.89. The number of amides is 1. The van der Waals surface area contributed by atoms with Gasteiger partial charge in [-0.2, -0.15) is 0 Å². The Balaban J connectivity index is 1.86. The predicted octanol–water partition coefficient (Wildman–Crippen LogP) is 1.55.